The molecular weight excluding hydrogens is 352 g/mol. The molecule has 27 heavy (non-hydrogen) atoms. The third kappa shape index (κ3) is 2.62. The summed E-state index contributed by atoms with van der Waals surface area (Å²) in [7, 11) is 0. The van der Waals surface area contributed by atoms with Crippen LogP contribution in [0.4, 0.5) is 0 Å². The van der Waals surface area contributed by atoms with Crippen molar-refractivity contribution in [3.8, 4) is 11.3 Å². The Morgan fingerprint density at radius 2 is 1.70 bits per heavy atom. The van der Waals surface area contributed by atoms with Gasteiger partial charge in [0.15, 0.2) is 4.77 Å². The Morgan fingerprint density at radius 1 is 1.00 bits per heavy atom. The first-order valence-corrected chi connectivity index (χ1v) is 10.1. The molecule has 1 saturated carbocycles. The number of H-pyrrole nitrogens is 1. The van der Waals surface area contributed by atoms with E-state index in [-0.39, 0.29) is 11.0 Å². The van der Waals surface area contributed by atoms with Crippen molar-refractivity contribution in [1.29, 1.82) is 0 Å². The molecule has 0 unspecified atom stereocenters. The van der Waals surface area contributed by atoms with Crippen molar-refractivity contribution in [2.75, 3.05) is 0 Å². The molecule has 4 heteroatoms. The van der Waals surface area contributed by atoms with Crippen molar-refractivity contribution in [3.63, 3.8) is 0 Å². The molecule has 2 aromatic carbocycles. The number of nitrogens with zero attached hydrogens (tertiary/aromatic N) is 1. The molecule has 136 valence electrons. The second kappa shape index (κ2) is 6.31. The maximum atomic E-state index is 13.7. The van der Waals surface area contributed by atoms with E-state index in [1.807, 2.05) is 36.4 Å². The number of rotatable bonds is 2. The van der Waals surface area contributed by atoms with Gasteiger partial charge in [-0.15, -0.1) is 0 Å². The Labute approximate surface area is 163 Å². The van der Waals surface area contributed by atoms with Gasteiger partial charge in [-0.05, 0) is 42.6 Å². The monoisotopic (exact) mass is 374 g/mol. The Balaban J connectivity index is 1.76. The van der Waals surface area contributed by atoms with Crippen LogP contribution < -0.4 is 5.56 Å². The van der Waals surface area contributed by atoms with E-state index in [1.165, 1.54) is 18.4 Å². The van der Waals surface area contributed by atoms with Crippen LogP contribution in [0, 0.1) is 4.77 Å². The molecule has 2 aliphatic carbocycles. The molecule has 1 spiro atoms. The first-order valence-electron chi connectivity index (χ1n) is 9.68. The lowest BCUT2D eigenvalue weighted by atomic mass is 9.68. The molecule has 0 atom stereocenters. The van der Waals surface area contributed by atoms with Gasteiger partial charge in [-0.1, -0.05) is 67.4 Å². The Bertz CT molecular complexity index is 1120. The van der Waals surface area contributed by atoms with Gasteiger partial charge in [0.1, 0.15) is 0 Å². The second-order valence-electron chi connectivity index (χ2n) is 7.88. The first kappa shape index (κ1) is 16.7. The summed E-state index contributed by atoms with van der Waals surface area (Å²) >= 11 is 5.62. The normalized spacial score (nSPS) is 16.9. The zero-order valence-corrected chi connectivity index (χ0v) is 16.0. The smallest absolute Gasteiger partial charge is 0.258 e. The first-order chi connectivity index (χ1) is 13.2. The van der Waals surface area contributed by atoms with E-state index in [9.17, 15) is 4.79 Å². The van der Waals surface area contributed by atoms with Crippen LogP contribution in [-0.2, 0) is 18.4 Å². The van der Waals surface area contributed by atoms with Crippen molar-refractivity contribution >= 4 is 12.2 Å². The summed E-state index contributed by atoms with van der Waals surface area (Å²) in [6.07, 6.45) is 5.51. The number of fused-ring (bicyclic) bond motifs is 4. The predicted octanol–water partition coefficient (Wildman–Crippen LogP) is 4.99. The zero-order valence-electron chi connectivity index (χ0n) is 15.2. The van der Waals surface area contributed by atoms with Gasteiger partial charge < -0.3 is 4.98 Å². The fourth-order valence-electron chi connectivity index (χ4n) is 5.02. The second-order valence-corrected chi connectivity index (χ2v) is 8.27. The van der Waals surface area contributed by atoms with Gasteiger partial charge in [0.05, 0.1) is 12.2 Å². The van der Waals surface area contributed by atoms with Crippen molar-refractivity contribution in [1.82, 2.24) is 9.55 Å². The molecule has 0 aliphatic heterocycles. The predicted molar refractivity (Wildman–Crippen MR) is 111 cm³/mol. The molecule has 0 saturated heterocycles. The van der Waals surface area contributed by atoms with E-state index in [4.69, 9.17) is 12.2 Å². The summed E-state index contributed by atoms with van der Waals surface area (Å²) in [5.41, 5.74) is 5.53. The molecule has 0 radical (unpaired) electrons. The Kier molecular flexibility index (Phi) is 3.90. The average Bonchev–Trinajstić information content (AvgIpc) is 3.14. The molecule has 1 heterocycles. The molecule has 1 N–H and O–H groups in total. The summed E-state index contributed by atoms with van der Waals surface area (Å²) in [6, 6.07) is 18.5. The summed E-state index contributed by atoms with van der Waals surface area (Å²) in [4.78, 5) is 17.1. The van der Waals surface area contributed by atoms with Gasteiger partial charge in [0.2, 0.25) is 0 Å². The summed E-state index contributed by atoms with van der Waals surface area (Å²) in [6.45, 7) is 0.514. The van der Waals surface area contributed by atoms with Crippen LogP contribution in [-0.4, -0.2) is 9.55 Å². The lowest BCUT2D eigenvalue weighted by Gasteiger charge is -2.36. The van der Waals surface area contributed by atoms with Crippen molar-refractivity contribution < 1.29 is 0 Å². The van der Waals surface area contributed by atoms with Gasteiger partial charge in [0.25, 0.3) is 5.56 Å². The van der Waals surface area contributed by atoms with E-state index in [0.717, 1.165) is 41.6 Å². The van der Waals surface area contributed by atoms with Gasteiger partial charge in [-0.3, -0.25) is 9.36 Å². The van der Waals surface area contributed by atoms with Gasteiger partial charge in [-0.2, -0.15) is 0 Å². The summed E-state index contributed by atoms with van der Waals surface area (Å²) < 4.78 is 2.25. The fraction of sp³-hybridized carbons (Fsp3) is 0.304. The number of benzene rings is 2. The summed E-state index contributed by atoms with van der Waals surface area (Å²) in [5, 5.41) is 0. The molecule has 0 amide bonds. The third-order valence-corrected chi connectivity index (χ3v) is 6.60. The standard InChI is InChI=1S/C23H22N2OS/c26-21-19-20(24-22(27)25(21)15-16-8-2-1-3-9-16)18-11-5-4-10-17(18)14-23(19)12-6-7-13-23/h1-5,8-11H,6-7,12-15H2,(H,24,27). The van der Waals surface area contributed by atoms with Crippen LogP contribution in [0.3, 0.4) is 0 Å². The molecule has 3 aromatic rings. The summed E-state index contributed by atoms with van der Waals surface area (Å²) in [5.74, 6) is 0. The van der Waals surface area contributed by atoms with E-state index in [1.54, 1.807) is 4.57 Å². The molecule has 5 rings (SSSR count). The zero-order chi connectivity index (χ0) is 18.4. The highest BCUT2D eigenvalue weighted by Gasteiger charge is 2.43. The minimum atomic E-state index is -0.0429. The van der Waals surface area contributed by atoms with E-state index in [0.29, 0.717) is 11.3 Å². The maximum Gasteiger partial charge on any atom is 0.258 e. The highest BCUT2D eigenvalue weighted by molar-refractivity contribution is 7.71. The largest absolute Gasteiger partial charge is 0.331 e. The number of nitrogens with one attached hydrogen (secondary N) is 1. The molecule has 1 aromatic heterocycles. The number of hydrogen-bond acceptors (Lipinski definition) is 2. The topological polar surface area (TPSA) is 37.8 Å². The third-order valence-electron chi connectivity index (χ3n) is 6.28. The Morgan fingerprint density at radius 3 is 2.48 bits per heavy atom. The quantitative estimate of drug-likeness (QED) is 0.642. The van der Waals surface area contributed by atoms with E-state index >= 15 is 0 Å². The van der Waals surface area contributed by atoms with Crippen molar-refractivity contribution in [3.05, 3.63) is 86.4 Å². The molecule has 3 nitrogen and oxygen atoms in total. The van der Waals surface area contributed by atoms with E-state index < -0.39 is 0 Å². The van der Waals surface area contributed by atoms with Crippen LogP contribution in [0.1, 0.15) is 42.4 Å². The van der Waals surface area contributed by atoms with Crippen LogP contribution in [0.5, 0.6) is 0 Å². The van der Waals surface area contributed by atoms with Gasteiger partial charge >= 0.3 is 0 Å². The Hall–Kier alpha value is -2.46. The van der Waals surface area contributed by atoms with Gasteiger partial charge in [0, 0.05) is 16.5 Å². The highest BCUT2D eigenvalue weighted by atomic mass is 32.1. The number of aromatic nitrogens is 2. The fourth-order valence-corrected chi connectivity index (χ4v) is 5.27. The molecular formula is C23H22N2OS. The maximum absolute atomic E-state index is 13.7. The highest BCUT2D eigenvalue weighted by Crippen LogP contribution is 2.49. The number of hydrogen-bond donors (Lipinski definition) is 1. The average molecular weight is 375 g/mol. The van der Waals surface area contributed by atoms with Crippen LogP contribution in [0.25, 0.3) is 11.3 Å². The van der Waals surface area contributed by atoms with Crippen LogP contribution >= 0.6 is 12.2 Å². The lowest BCUT2D eigenvalue weighted by molar-refractivity contribution is 0.421. The van der Waals surface area contributed by atoms with Crippen LogP contribution in [0.15, 0.2) is 59.4 Å². The minimum Gasteiger partial charge on any atom is -0.331 e. The molecule has 2 aliphatic rings. The van der Waals surface area contributed by atoms with Crippen molar-refractivity contribution in [2.24, 2.45) is 0 Å². The molecule has 0 bridgehead atoms. The van der Waals surface area contributed by atoms with Crippen LogP contribution in [0.2, 0.25) is 0 Å². The molecule has 1 fully saturated rings. The minimum absolute atomic E-state index is 0.0429. The number of aromatic amines is 1. The van der Waals surface area contributed by atoms with Crippen molar-refractivity contribution in [2.45, 2.75) is 44.1 Å². The van der Waals surface area contributed by atoms with E-state index in [2.05, 4.69) is 23.2 Å². The lowest BCUT2D eigenvalue weighted by Crippen LogP contribution is -2.40. The van der Waals surface area contributed by atoms with Gasteiger partial charge in [-0.25, -0.2) is 0 Å². The SMILES string of the molecule is O=c1c2c([nH]c(=S)n1Cc1ccccc1)-c1ccccc1CC21CCCC1.